The van der Waals surface area contributed by atoms with Crippen LogP contribution in [-0.2, 0) is 21.0 Å². The van der Waals surface area contributed by atoms with E-state index in [1.165, 1.54) is 6.42 Å². The second-order valence-corrected chi connectivity index (χ2v) is 9.82. The fourth-order valence-corrected chi connectivity index (χ4v) is 5.05. The number of thioether (sulfide) groups is 1. The fraction of sp³-hybridized carbons (Fsp3) is 0.520. The summed E-state index contributed by atoms with van der Waals surface area (Å²) in [5, 5.41) is 19.9. The molecule has 3 N–H and O–H groups in total. The van der Waals surface area contributed by atoms with Crippen LogP contribution in [-0.4, -0.2) is 33.3 Å². The molecule has 3 fully saturated rings. The topological polar surface area (TPSA) is 130 Å². The molecule has 1 aromatic rings. The summed E-state index contributed by atoms with van der Waals surface area (Å²) in [6, 6.07) is 4.94. The molecule has 0 atom stereocenters. The van der Waals surface area contributed by atoms with E-state index in [2.05, 4.69) is 5.32 Å². The van der Waals surface area contributed by atoms with Gasteiger partial charge in [0.1, 0.15) is 5.75 Å². The van der Waals surface area contributed by atoms with E-state index in [1.54, 1.807) is 24.3 Å². The summed E-state index contributed by atoms with van der Waals surface area (Å²) < 4.78 is 5.48. The summed E-state index contributed by atoms with van der Waals surface area (Å²) >= 11 is 0.829. The highest BCUT2D eigenvalue weighted by Crippen LogP contribution is 2.30. The van der Waals surface area contributed by atoms with Crippen molar-refractivity contribution in [3.8, 4) is 5.75 Å². The Morgan fingerprint density at radius 2 is 1.62 bits per heavy atom. The molecule has 1 heterocycles. The fourth-order valence-electron chi connectivity index (χ4n) is 4.36. The van der Waals surface area contributed by atoms with Crippen molar-refractivity contribution in [2.45, 2.75) is 70.8 Å². The van der Waals surface area contributed by atoms with Crippen molar-refractivity contribution >= 4 is 40.9 Å². The van der Waals surface area contributed by atoms with Gasteiger partial charge in [-0.2, -0.15) is 0 Å². The predicted molar refractivity (Wildman–Crippen MR) is 128 cm³/mol. The molecule has 34 heavy (non-hydrogen) atoms. The van der Waals surface area contributed by atoms with E-state index < -0.39 is 17.1 Å². The lowest BCUT2D eigenvalue weighted by atomic mass is 9.89. The molecule has 1 aromatic carbocycles. The molecule has 1 aliphatic heterocycles. The van der Waals surface area contributed by atoms with E-state index >= 15 is 0 Å². The summed E-state index contributed by atoms with van der Waals surface area (Å²) in [6.45, 7) is -0.289. The summed E-state index contributed by atoms with van der Waals surface area (Å²) in [5.74, 6) is -1.06. The highest BCUT2D eigenvalue weighted by atomic mass is 32.2. The molecule has 0 bridgehead atoms. The van der Waals surface area contributed by atoms with Crippen LogP contribution >= 0.6 is 11.8 Å². The SMILES string of the molecule is O=C(O)C1CCCCC1.O=C1NC(=O)/C(=C/c2ccc(OC(=O)C3CCCCC3)c(CO)c2)S1. The number of carboxylic acids is 1. The van der Waals surface area contributed by atoms with Gasteiger partial charge in [-0.3, -0.25) is 24.5 Å². The number of amides is 2. The largest absolute Gasteiger partial charge is 0.481 e. The Bertz CT molecular complexity index is 947. The van der Waals surface area contributed by atoms with Crippen molar-refractivity contribution < 1.29 is 34.1 Å². The number of aliphatic hydroxyl groups is 1. The van der Waals surface area contributed by atoms with Crippen LogP contribution in [0.1, 0.15) is 75.3 Å². The van der Waals surface area contributed by atoms with Crippen molar-refractivity contribution in [1.82, 2.24) is 5.32 Å². The molecular weight excluding hydrogens is 458 g/mol. The van der Waals surface area contributed by atoms with Gasteiger partial charge in [0.25, 0.3) is 11.1 Å². The third kappa shape index (κ3) is 7.43. The zero-order valence-corrected chi connectivity index (χ0v) is 19.9. The van der Waals surface area contributed by atoms with Crippen LogP contribution in [0.3, 0.4) is 0 Å². The molecule has 184 valence electrons. The second-order valence-electron chi connectivity index (χ2n) is 8.81. The number of hydrogen-bond donors (Lipinski definition) is 3. The van der Waals surface area contributed by atoms with Crippen LogP contribution in [0.5, 0.6) is 5.75 Å². The normalized spacial score (nSPS) is 20.4. The molecule has 0 radical (unpaired) electrons. The van der Waals surface area contributed by atoms with Gasteiger partial charge in [0.15, 0.2) is 0 Å². The number of aliphatic hydroxyl groups excluding tert-OH is 1. The van der Waals surface area contributed by atoms with Crippen molar-refractivity contribution in [2.24, 2.45) is 11.8 Å². The maximum absolute atomic E-state index is 12.3. The van der Waals surface area contributed by atoms with Gasteiger partial charge >= 0.3 is 11.9 Å². The number of rotatable bonds is 5. The molecule has 8 nitrogen and oxygen atoms in total. The number of aliphatic carboxylic acids is 1. The third-order valence-corrected chi connectivity index (χ3v) is 7.11. The molecule has 2 saturated carbocycles. The monoisotopic (exact) mass is 489 g/mol. The number of carboxylic acid groups (broad SMARTS) is 1. The number of carbonyl (C=O) groups excluding carboxylic acids is 3. The molecule has 0 spiro atoms. The van der Waals surface area contributed by atoms with Crippen LogP contribution in [0.25, 0.3) is 6.08 Å². The van der Waals surface area contributed by atoms with Crippen LogP contribution in [0.2, 0.25) is 0 Å². The smallest absolute Gasteiger partial charge is 0.314 e. The van der Waals surface area contributed by atoms with Crippen molar-refractivity contribution in [3.63, 3.8) is 0 Å². The second kappa shape index (κ2) is 12.7. The van der Waals surface area contributed by atoms with Gasteiger partial charge < -0.3 is 14.9 Å². The molecule has 2 amide bonds. The lowest BCUT2D eigenvalue weighted by Crippen LogP contribution is -2.23. The molecule has 2 aliphatic carbocycles. The van der Waals surface area contributed by atoms with E-state index in [9.17, 15) is 24.3 Å². The van der Waals surface area contributed by atoms with Gasteiger partial charge in [0.05, 0.1) is 23.3 Å². The molecule has 9 heteroatoms. The van der Waals surface area contributed by atoms with Crippen molar-refractivity contribution in [2.75, 3.05) is 0 Å². The Balaban J connectivity index is 0.000000302. The van der Waals surface area contributed by atoms with E-state index in [0.29, 0.717) is 21.8 Å². The lowest BCUT2D eigenvalue weighted by Gasteiger charge is -2.20. The summed E-state index contributed by atoms with van der Waals surface area (Å²) in [5.41, 5.74) is 1.11. The predicted octanol–water partition coefficient (Wildman–Crippen LogP) is 4.64. The molecule has 0 aromatic heterocycles. The molecule has 0 unspecified atom stereocenters. The van der Waals surface area contributed by atoms with E-state index in [0.717, 1.165) is 69.5 Å². The maximum atomic E-state index is 12.3. The van der Waals surface area contributed by atoms with Gasteiger partial charge in [-0.25, -0.2) is 0 Å². The summed E-state index contributed by atoms with van der Waals surface area (Å²) in [4.78, 5) is 45.7. The number of carbonyl (C=O) groups is 4. The van der Waals surface area contributed by atoms with Gasteiger partial charge in [-0.05, 0) is 61.2 Å². The summed E-state index contributed by atoms with van der Waals surface area (Å²) in [7, 11) is 0. The molecular formula is C25H31NO7S. The Labute approximate surface area is 203 Å². The highest BCUT2D eigenvalue weighted by Gasteiger charge is 2.26. The Kier molecular flexibility index (Phi) is 9.71. The first-order valence-electron chi connectivity index (χ1n) is 11.8. The molecule has 3 aliphatic rings. The number of esters is 1. The van der Waals surface area contributed by atoms with E-state index in [-0.39, 0.29) is 24.4 Å². The van der Waals surface area contributed by atoms with Gasteiger partial charge in [0, 0.05) is 5.56 Å². The van der Waals surface area contributed by atoms with Crippen molar-refractivity contribution in [3.05, 3.63) is 34.2 Å². The Hall–Kier alpha value is -2.65. The minimum absolute atomic E-state index is 0.0289. The number of ether oxygens (including phenoxy) is 1. The average Bonchev–Trinajstić information content (AvgIpc) is 3.17. The van der Waals surface area contributed by atoms with Crippen LogP contribution < -0.4 is 10.1 Å². The number of benzene rings is 1. The maximum Gasteiger partial charge on any atom is 0.314 e. The highest BCUT2D eigenvalue weighted by molar-refractivity contribution is 8.18. The Morgan fingerprint density at radius 3 is 2.12 bits per heavy atom. The van der Waals surface area contributed by atoms with Crippen LogP contribution in [0, 0.1) is 11.8 Å². The summed E-state index contributed by atoms with van der Waals surface area (Å²) in [6.07, 6.45) is 11.7. The first-order chi connectivity index (χ1) is 16.4. The minimum Gasteiger partial charge on any atom is -0.481 e. The third-order valence-electron chi connectivity index (χ3n) is 6.30. The number of nitrogens with one attached hydrogen (secondary N) is 1. The van der Waals surface area contributed by atoms with Crippen molar-refractivity contribution in [1.29, 1.82) is 0 Å². The standard InChI is InChI=1S/C18H19NO5S.C7H12O2/c20-10-13-8-11(9-15-16(21)19-18(23)25-15)6-7-14(13)24-17(22)12-4-2-1-3-5-12;8-7(9)6-4-2-1-3-5-6/h6-9,12,20H,1-5,10H2,(H,19,21,23);6H,1-5H2,(H,8,9)/b15-9-;. The first kappa shape index (κ1) is 26.0. The zero-order chi connectivity index (χ0) is 24.5. The average molecular weight is 490 g/mol. The number of hydrogen-bond acceptors (Lipinski definition) is 7. The number of imide groups is 1. The Morgan fingerprint density at radius 1 is 1.00 bits per heavy atom. The lowest BCUT2D eigenvalue weighted by molar-refractivity contribution is -0.143. The van der Waals surface area contributed by atoms with Gasteiger partial charge in [-0.1, -0.05) is 44.6 Å². The van der Waals surface area contributed by atoms with E-state index in [1.807, 2.05) is 0 Å². The van der Waals surface area contributed by atoms with Crippen LogP contribution in [0.4, 0.5) is 4.79 Å². The van der Waals surface area contributed by atoms with Gasteiger partial charge in [-0.15, -0.1) is 0 Å². The first-order valence-corrected chi connectivity index (χ1v) is 12.6. The quantitative estimate of drug-likeness (QED) is 0.310. The van der Waals surface area contributed by atoms with Crippen LogP contribution in [0.15, 0.2) is 23.1 Å². The molecule has 4 rings (SSSR count). The molecule has 1 saturated heterocycles. The minimum atomic E-state index is -0.602. The van der Waals surface area contributed by atoms with E-state index in [4.69, 9.17) is 9.84 Å². The van der Waals surface area contributed by atoms with Gasteiger partial charge in [0.2, 0.25) is 0 Å². The zero-order valence-electron chi connectivity index (χ0n) is 19.1.